The zero-order valence-corrected chi connectivity index (χ0v) is 13.8. The lowest BCUT2D eigenvalue weighted by Gasteiger charge is -2.22. The highest BCUT2D eigenvalue weighted by atomic mass is 16.3. The van der Waals surface area contributed by atoms with E-state index in [9.17, 15) is 14.7 Å². The smallest absolute Gasteiger partial charge is 0.249 e. The van der Waals surface area contributed by atoms with E-state index in [1.807, 2.05) is 36.4 Å². The Morgan fingerprint density at radius 1 is 1.00 bits per heavy atom. The third kappa shape index (κ3) is 2.50. The highest BCUT2D eigenvalue weighted by molar-refractivity contribution is 6.07. The van der Waals surface area contributed by atoms with Crippen LogP contribution in [0.3, 0.4) is 0 Å². The molecule has 2 aliphatic rings. The molecule has 2 fully saturated rings. The number of hydrogen-bond donors (Lipinski definition) is 2. The highest BCUT2D eigenvalue weighted by Crippen LogP contribution is 2.42. The number of nitrogens with zero attached hydrogens (tertiary/aromatic N) is 2. The topological polar surface area (TPSA) is 72.9 Å². The van der Waals surface area contributed by atoms with Gasteiger partial charge in [-0.15, -0.1) is 0 Å². The molecule has 2 amide bonds. The lowest BCUT2D eigenvalue weighted by atomic mass is 9.90. The Kier molecular flexibility index (Phi) is 3.78. The van der Waals surface area contributed by atoms with Gasteiger partial charge in [-0.25, -0.2) is 10.4 Å². The molecule has 6 heteroatoms. The quantitative estimate of drug-likeness (QED) is 0.829. The number of phenols is 1. The summed E-state index contributed by atoms with van der Waals surface area (Å²) < 4.78 is 0. The van der Waals surface area contributed by atoms with Crippen molar-refractivity contribution in [3.63, 3.8) is 0 Å². The van der Waals surface area contributed by atoms with Gasteiger partial charge in [0.15, 0.2) is 0 Å². The first-order valence-electron chi connectivity index (χ1n) is 8.24. The van der Waals surface area contributed by atoms with Gasteiger partial charge in [-0.05, 0) is 11.6 Å². The number of hydrogen-bond acceptors (Lipinski definition) is 5. The molecule has 2 aliphatic heterocycles. The van der Waals surface area contributed by atoms with E-state index in [4.69, 9.17) is 0 Å². The molecule has 0 unspecified atom stereocenters. The highest BCUT2D eigenvalue weighted by Gasteiger charge is 2.57. The Bertz CT molecular complexity index is 824. The van der Waals surface area contributed by atoms with Crippen molar-refractivity contribution in [1.82, 2.24) is 15.3 Å². The number of carbonyl (C=O) groups excluding carboxylic acids is 2. The number of aromatic hydroxyl groups is 1. The van der Waals surface area contributed by atoms with Crippen LogP contribution in [0.25, 0.3) is 0 Å². The van der Waals surface area contributed by atoms with Crippen LogP contribution < -0.4 is 5.43 Å². The lowest BCUT2D eigenvalue weighted by molar-refractivity contribution is -0.142. The summed E-state index contributed by atoms with van der Waals surface area (Å²) in [5.41, 5.74) is 4.71. The Labute approximate surface area is 145 Å². The van der Waals surface area contributed by atoms with Crippen molar-refractivity contribution >= 4 is 11.8 Å². The average molecular weight is 337 g/mol. The second-order valence-electron chi connectivity index (χ2n) is 6.50. The van der Waals surface area contributed by atoms with Crippen LogP contribution in [0, 0.1) is 5.92 Å². The average Bonchev–Trinajstić information content (AvgIpc) is 3.08. The molecule has 25 heavy (non-hydrogen) atoms. The molecule has 3 atom stereocenters. The summed E-state index contributed by atoms with van der Waals surface area (Å²) in [4.78, 5) is 27.2. The van der Waals surface area contributed by atoms with Gasteiger partial charge in [0.2, 0.25) is 11.8 Å². The fourth-order valence-electron chi connectivity index (χ4n) is 3.78. The van der Waals surface area contributed by atoms with Crippen molar-refractivity contribution in [2.45, 2.75) is 18.6 Å². The molecule has 0 radical (unpaired) electrons. The molecule has 0 aliphatic carbocycles. The van der Waals surface area contributed by atoms with E-state index in [1.165, 1.54) is 4.90 Å². The first-order valence-corrected chi connectivity index (χ1v) is 8.24. The summed E-state index contributed by atoms with van der Waals surface area (Å²) in [6.07, 6.45) is 0. The summed E-state index contributed by atoms with van der Waals surface area (Å²) in [6.45, 7) is 0.271. The number of carbonyl (C=O) groups is 2. The number of nitrogens with one attached hydrogen (secondary N) is 1. The van der Waals surface area contributed by atoms with Crippen LogP contribution in [-0.4, -0.2) is 39.9 Å². The van der Waals surface area contributed by atoms with Gasteiger partial charge in [-0.1, -0.05) is 48.5 Å². The summed E-state index contributed by atoms with van der Waals surface area (Å²) >= 11 is 0. The fraction of sp³-hybridized carbons (Fsp3) is 0.263. The number of imide groups is 1. The molecule has 0 saturated carbocycles. The lowest BCUT2D eigenvalue weighted by Crippen LogP contribution is -2.42. The maximum Gasteiger partial charge on any atom is 0.249 e. The zero-order chi connectivity index (χ0) is 17.6. The summed E-state index contributed by atoms with van der Waals surface area (Å²) in [7, 11) is 1.76. The molecular weight excluding hydrogens is 318 g/mol. The van der Waals surface area contributed by atoms with E-state index < -0.39 is 18.0 Å². The molecule has 0 aromatic heterocycles. The summed E-state index contributed by atoms with van der Waals surface area (Å²) in [6, 6.07) is 15.4. The minimum atomic E-state index is -0.555. The molecule has 0 spiro atoms. The maximum absolute atomic E-state index is 13.0. The monoisotopic (exact) mass is 337 g/mol. The van der Waals surface area contributed by atoms with Crippen LogP contribution in [0.15, 0.2) is 54.6 Å². The van der Waals surface area contributed by atoms with Crippen molar-refractivity contribution in [2.24, 2.45) is 5.92 Å². The number of rotatable bonds is 3. The molecule has 2 aromatic carbocycles. The SMILES string of the molecule is CN1N[C@@H](c2ccccc2O)[C@H]2C(=O)N(Cc3ccccc3)C(=O)[C@H]21. The molecule has 6 nitrogen and oxygen atoms in total. The number of phenolic OH excluding ortho intramolecular Hbond substituents is 1. The number of amides is 2. The largest absolute Gasteiger partial charge is 0.508 e. The minimum absolute atomic E-state index is 0.121. The number of benzene rings is 2. The predicted molar refractivity (Wildman–Crippen MR) is 91.0 cm³/mol. The van der Waals surface area contributed by atoms with E-state index in [1.54, 1.807) is 30.3 Å². The van der Waals surface area contributed by atoms with Gasteiger partial charge in [0.1, 0.15) is 11.8 Å². The van der Waals surface area contributed by atoms with Gasteiger partial charge in [0, 0.05) is 12.6 Å². The van der Waals surface area contributed by atoms with Crippen molar-refractivity contribution in [3.05, 3.63) is 65.7 Å². The first kappa shape index (κ1) is 15.8. The third-order valence-corrected chi connectivity index (χ3v) is 4.98. The third-order valence-electron chi connectivity index (χ3n) is 4.98. The Balaban J connectivity index is 1.66. The van der Waals surface area contributed by atoms with Crippen LogP contribution in [-0.2, 0) is 16.1 Å². The molecule has 2 saturated heterocycles. The number of likely N-dealkylation sites (tertiary alicyclic amines) is 1. The predicted octanol–water partition coefficient (Wildman–Crippen LogP) is 1.44. The zero-order valence-electron chi connectivity index (χ0n) is 13.8. The van der Waals surface area contributed by atoms with Crippen LogP contribution >= 0.6 is 0 Å². The molecule has 0 bridgehead atoms. The van der Waals surface area contributed by atoms with Crippen molar-refractivity contribution in [3.8, 4) is 5.75 Å². The standard InChI is InChI=1S/C19H19N3O3/c1-21-17-15(16(20-21)13-9-5-6-10-14(13)23)18(24)22(19(17)25)11-12-7-3-2-4-8-12/h2-10,15-17,20,23H,11H2,1H3/t15-,16+,17+/m1/s1. The van der Waals surface area contributed by atoms with Gasteiger partial charge in [-0.2, -0.15) is 0 Å². The molecule has 2 N–H and O–H groups in total. The van der Waals surface area contributed by atoms with Gasteiger partial charge in [-0.3, -0.25) is 14.5 Å². The summed E-state index contributed by atoms with van der Waals surface area (Å²) in [5.74, 6) is -0.832. The molecule has 128 valence electrons. The minimum Gasteiger partial charge on any atom is -0.508 e. The Morgan fingerprint density at radius 3 is 2.40 bits per heavy atom. The number of fused-ring (bicyclic) bond motifs is 1. The first-order chi connectivity index (χ1) is 12.1. The van der Waals surface area contributed by atoms with E-state index in [0.29, 0.717) is 5.56 Å². The van der Waals surface area contributed by atoms with Gasteiger partial charge in [0.25, 0.3) is 0 Å². The van der Waals surface area contributed by atoms with E-state index >= 15 is 0 Å². The van der Waals surface area contributed by atoms with Crippen LogP contribution in [0.4, 0.5) is 0 Å². The van der Waals surface area contributed by atoms with Crippen LogP contribution in [0.2, 0.25) is 0 Å². The molecular formula is C19H19N3O3. The Morgan fingerprint density at radius 2 is 1.68 bits per heavy atom. The van der Waals surface area contributed by atoms with Gasteiger partial charge < -0.3 is 5.11 Å². The van der Waals surface area contributed by atoms with E-state index in [-0.39, 0.29) is 24.1 Å². The fourth-order valence-corrected chi connectivity index (χ4v) is 3.78. The molecule has 2 aromatic rings. The van der Waals surface area contributed by atoms with Crippen LogP contribution in [0.5, 0.6) is 5.75 Å². The van der Waals surface area contributed by atoms with Gasteiger partial charge >= 0.3 is 0 Å². The number of para-hydroxylation sites is 1. The van der Waals surface area contributed by atoms with E-state index in [0.717, 1.165) is 5.56 Å². The normalized spacial score (nSPS) is 26.3. The maximum atomic E-state index is 13.0. The van der Waals surface area contributed by atoms with Crippen molar-refractivity contribution in [1.29, 1.82) is 0 Å². The van der Waals surface area contributed by atoms with E-state index in [2.05, 4.69) is 5.43 Å². The van der Waals surface area contributed by atoms with Crippen molar-refractivity contribution < 1.29 is 14.7 Å². The number of likely N-dealkylation sites (N-methyl/N-ethyl adjacent to an activating group) is 1. The number of hydrazine groups is 1. The summed E-state index contributed by atoms with van der Waals surface area (Å²) in [5, 5.41) is 11.8. The second-order valence-corrected chi connectivity index (χ2v) is 6.50. The van der Waals surface area contributed by atoms with Crippen LogP contribution in [0.1, 0.15) is 17.2 Å². The molecule has 4 rings (SSSR count). The Hall–Kier alpha value is -2.70. The second kappa shape index (κ2) is 5.98. The van der Waals surface area contributed by atoms with Crippen molar-refractivity contribution in [2.75, 3.05) is 7.05 Å². The molecule has 2 heterocycles. The van der Waals surface area contributed by atoms with Gasteiger partial charge in [0.05, 0.1) is 18.5 Å².